The smallest absolute Gasteiger partial charge is 0.379 e. The summed E-state index contributed by atoms with van der Waals surface area (Å²) in [5.74, 6) is 5.60. The fourth-order valence-corrected chi connectivity index (χ4v) is 5.47. The van der Waals surface area contributed by atoms with Crippen LogP contribution in [0.1, 0.15) is 33.9 Å². The van der Waals surface area contributed by atoms with Gasteiger partial charge in [0, 0.05) is 62.7 Å². The van der Waals surface area contributed by atoms with Crippen molar-refractivity contribution in [3.8, 4) is 23.7 Å². The molecule has 0 radical (unpaired) electrons. The van der Waals surface area contributed by atoms with E-state index in [4.69, 9.17) is 10.00 Å². The van der Waals surface area contributed by atoms with Gasteiger partial charge < -0.3 is 18.8 Å². The number of aromatic nitrogens is 2. The molecule has 2 aromatic carbocycles. The number of hydrogen-bond donors (Lipinski definition) is 2. The van der Waals surface area contributed by atoms with Gasteiger partial charge in [0.1, 0.15) is 0 Å². The fraction of sp³-hybridized carbons (Fsp3) is 0.367. The molecule has 0 spiro atoms. The quantitative estimate of drug-likeness (QED) is 0.280. The van der Waals surface area contributed by atoms with E-state index in [1.807, 2.05) is 36.4 Å². The number of nitrogens with one attached hydrogen (secondary N) is 1. The van der Waals surface area contributed by atoms with Gasteiger partial charge in [0.2, 0.25) is 5.75 Å². The van der Waals surface area contributed by atoms with Crippen LogP contribution in [-0.2, 0) is 28.1 Å². The average molecular weight is 590 g/mol. The van der Waals surface area contributed by atoms with Crippen molar-refractivity contribution in [1.29, 1.82) is 5.26 Å². The maximum atomic E-state index is 12.3. The lowest BCUT2D eigenvalue weighted by Gasteiger charge is -2.37. The number of H-pyrrole nitrogens is 1. The van der Waals surface area contributed by atoms with Crippen molar-refractivity contribution in [2.75, 3.05) is 45.9 Å². The molecule has 0 bridgehead atoms. The molecule has 2 N–H and O–H groups in total. The number of morpholine rings is 1. The standard InChI is InChI=1S/C30H31N5O6S/c31-16-25-18-35(19-25)20-27(15-28-29(41-42(37,38)39)30(36)33-21-32-28)26-9-7-23(8-10-26)2-1-22-3-5-24(6-4-22)17-34-11-13-40-14-12-34/h3-10,21,25,27H,11-15,17-20H2,(H,32,33,36)(H,37,38,39)/t27-/m1/s1. The van der Waals surface area contributed by atoms with Gasteiger partial charge in [0.05, 0.1) is 37.2 Å². The Balaban J connectivity index is 1.30. The second-order valence-corrected chi connectivity index (χ2v) is 11.4. The summed E-state index contributed by atoms with van der Waals surface area (Å²) in [4.78, 5) is 23.2. The van der Waals surface area contributed by atoms with Crippen molar-refractivity contribution >= 4 is 10.4 Å². The largest absolute Gasteiger partial charge is 0.446 e. The molecule has 0 amide bonds. The van der Waals surface area contributed by atoms with Crippen LogP contribution in [0.2, 0.25) is 0 Å². The summed E-state index contributed by atoms with van der Waals surface area (Å²) in [6, 6.07) is 18.2. The van der Waals surface area contributed by atoms with E-state index in [1.54, 1.807) is 0 Å². The molecule has 5 rings (SSSR count). The lowest BCUT2D eigenvalue weighted by molar-refractivity contribution is 0.0342. The molecule has 3 aromatic rings. The van der Waals surface area contributed by atoms with Gasteiger partial charge in [0.25, 0.3) is 5.56 Å². The van der Waals surface area contributed by atoms with Crippen LogP contribution in [0.15, 0.2) is 59.7 Å². The van der Waals surface area contributed by atoms with E-state index in [2.05, 4.69) is 54.0 Å². The molecule has 2 aliphatic heterocycles. The minimum atomic E-state index is -4.92. The molecule has 11 nitrogen and oxygen atoms in total. The van der Waals surface area contributed by atoms with Gasteiger partial charge in [0.15, 0.2) is 0 Å². The van der Waals surface area contributed by atoms with Crippen molar-refractivity contribution in [2.45, 2.75) is 18.9 Å². The highest BCUT2D eigenvalue weighted by Gasteiger charge is 2.30. The molecule has 3 heterocycles. The van der Waals surface area contributed by atoms with Crippen molar-refractivity contribution in [3.63, 3.8) is 0 Å². The SMILES string of the molecule is N#CC1CN(C[C@@H](Cc2nc[nH]c(=O)c2OS(=O)(=O)O)c2ccc(C#Cc3ccc(CN4CCOCC4)cc3)cc2)C1. The molecule has 0 unspecified atom stereocenters. The van der Waals surface area contributed by atoms with Crippen molar-refractivity contribution in [1.82, 2.24) is 19.8 Å². The van der Waals surface area contributed by atoms with Crippen LogP contribution in [0, 0.1) is 29.1 Å². The number of aromatic amines is 1. The summed E-state index contributed by atoms with van der Waals surface area (Å²) in [7, 11) is -4.92. The number of likely N-dealkylation sites (tertiary alicyclic amines) is 1. The summed E-state index contributed by atoms with van der Waals surface area (Å²) in [6.45, 7) is 6.13. The number of benzene rings is 2. The van der Waals surface area contributed by atoms with Crippen molar-refractivity contribution in [2.24, 2.45) is 5.92 Å². The normalized spacial score (nSPS) is 17.0. The van der Waals surface area contributed by atoms with E-state index < -0.39 is 21.7 Å². The van der Waals surface area contributed by atoms with Gasteiger partial charge >= 0.3 is 10.4 Å². The Labute approximate surface area is 244 Å². The highest BCUT2D eigenvalue weighted by Crippen LogP contribution is 2.28. The second kappa shape index (κ2) is 13.3. The topological polar surface area (TPSA) is 149 Å². The maximum Gasteiger partial charge on any atom is 0.446 e. The first-order valence-corrected chi connectivity index (χ1v) is 15.0. The van der Waals surface area contributed by atoms with Gasteiger partial charge in [-0.2, -0.15) is 13.7 Å². The predicted octanol–water partition coefficient (Wildman–Crippen LogP) is 1.97. The van der Waals surface area contributed by atoms with E-state index in [0.717, 1.165) is 55.9 Å². The predicted molar refractivity (Wildman–Crippen MR) is 154 cm³/mol. The Morgan fingerprint density at radius 1 is 1.05 bits per heavy atom. The first-order valence-electron chi connectivity index (χ1n) is 13.6. The van der Waals surface area contributed by atoms with Crippen LogP contribution in [-0.4, -0.2) is 78.7 Å². The first-order chi connectivity index (χ1) is 20.3. The van der Waals surface area contributed by atoms with Gasteiger partial charge in [-0.05, 0) is 35.4 Å². The Hall–Kier alpha value is -4.04. The van der Waals surface area contributed by atoms with Crippen LogP contribution in [0.3, 0.4) is 0 Å². The number of nitrogens with zero attached hydrogens (tertiary/aromatic N) is 4. The van der Waals surface area contributed by atoms with E-state index in [9.17, 15) is 17.8 Å². The molecule has 1 atom stereocenters. The van der Waals surface area contributed by atoms with Crippen LogP contribution in [0.25, 0.3) is 0 Å². The maximum absolute atomic E-state index is 12.3. The third-order valence-electron chi connectivity index (χ3n) is 7.33. The molecular weight excluding hydrogens is 558 g/mol. The Morgan fingerprint density at radius 3 is 2.31 bits per heavy atom. The zero-order chi connectivity index (χ0) is 29.5. The molecule has 0 saturated carbocycles. The fourth-order valence-electron chi connectivity index (χ4n) is 5.09. The number of nitriles is 1. The molecule has 12 heteroatoms. The summed E-state index contributed by atoms with van der Waals surface area (Å²) in [5.41, 5.74) is 3.19. The molecular formula is C30H31N5O6S. The molecule has 2 saturated heterocycles. The highest BCUT2D eigenvalue weighted by molar-refractivity contribution is 7.81. The minimum Gasteiger partial charge on any atom is -0.379 e. The van der Waals surface area contributed by atoms with Gasteiger partial charge in [-0.25, -0.2) is 4.98 Å². The van der Waals surface area contributed by atoms with E-state index in [-0.39, 0.29) is 24.0 Å². The molecule has 1 aromatic heterocycles. The average Bonchev–Trinajstić information content (AvgIpc) is 2.96. The minimum absolute atomic E-state index is 0.0344. The van der Waals surface area contributed by atoms with Gasteiger partial charge in [-0.1, -0.05) is 36.1 Å². The zero-order valence-electron chi connectivity index (χ0n) is 22.9. The van der Waals surface area contributed by atoms with E-state index in [0.29, 0.717) is 19.6 Å². The van der Waals surface area contributed by atoms with Crippen LogP contribution >= 0.6 is 0 Å². The third kappa shape index (κ3) is 8.03. The lowest BCUT2D eigenvalue weighted by atomic mass is 9.90. The summed E-state index contributed by atoms with van der Waals surface area (Å²) < 4.78 is 41.9. The van der Waals surface area contributed by atoms with E-state index in [1.165, 1.54) is 5.56 Å². The molecule has 2 fully saturated rings. The van der Waals surface area contributed by atoms with Crippen LogP contribution in [0.5, 0.6) is 5.75 Å². The first kappa shape index (κ1) is 29.5. The molecule has 42 heavy (non-hydrogen) atoms. The monoisotopic (exact) mass is 589 g/mol. The van der Waals surface area contributed by atoms with Crippen LogP contribution < -0.4 is 9.74 Å². The molecule has 0 aliphatic carbocycles. The van der Waals surface area contributed by atoms with Crippen molar-refractivity contribution in [3.05, 3.63) is 93.2 Å². The van der Waals surface area contributed by atoms with E-state index >= 15 is 0 Å². The number of ether oxygens (including phenoxy) is 1. The lowest BCUT2D eigenvalue weighted by Crippen LogP contribution is -2.47. The third-order valence-corrected chi connectivity index (χ3v) is 7.71. The highest BCUT2D eigenvalue weighted by atomic mass is 32.3. The van der Waals surface area contributed by atoms with Crippen molar-refractivity contribution < 1.29 is 21.9 Å². The van der Waals surface area contributed by atoms with Crippen LogP contribution in [0.4, 0.5) is 0 Å². The Morgan fingerprint density at radius 2 is 1.69 bits per heavy atom. The second-order valence-electron chi connectivity index (χ2n) is 10.4. The summed E-state index contributed by atoms with van der Waals surface area (Å²) in [5, 5.41) is 9.17. The summed E-state index contributed by atoms with van der Waals surface area (Å²) in [6.07, 6.45) is 1.33. The number of rotatable bonds is 9. The Kier molecular flexibility index (Phi) is 9.32. The zero-order valence-corrected chi connectivity index (χ0v) is 23.7. The van der Waals surface area contributed by atoms with Gasteiger partial charge in [-0.3, -0.25) is 14.2 Å². The number of hydrogen-bond acceptors (Lipinski definition) is 9. The van der Waals surface area contributed by atoms with Gasteiger partial charge in [-0.15, -0.1) is 0 Å². The Bertz CT molecular complexity index is 1640. The molecule has 218 valence electrons. The summed E-state index contributed by atoms with van der Waals surface area (Å²) >= 11 is 0. The molecule has 2 aliphatic rings.